The second-order valence-electron chi connectivity index (χ2n) is 9.35. The van der Waals surface area contributed by atoms with E-state index in [-0.39, 0.29) is 23.4 Å². The topological polar surface area (TPSA) is 66.5 Å². The number of benzene rings is 4. The molecule has 0 radical (unpaired) electrons. The van der Waals surface area contributed by atoms with Crippen LogP contribution < -0.4 is 9.62 Å². The van der Waals surface area contributed by atoms with E-state index >= 15 is 0 Å². The number of hydrogen-bond donors (Lipinski definition) is 1. The molecule has 5 nitrogen and oxygen atoms in total. The van der Waals surface area contributed by atoms with Crippen molar-refractivity contribution >= 4 is 21.6 Å². The molecule has 4 aromatic carbocycles. The van der Waals surface area contributed by atoms with Gasteiger partial charge in [0.1, 0.15) is 0 Å². The molecular formula is C31H32N2O3S. The molecule has 0 aliphatic carbocycles. The van der Waals surface area contributed by atoms with Crippen molar-refractivity contribution < 1.29 is 13.2 Å². The van der Waals surface area contributed by atoms with E-state index in [0.717, 1.165) is 16.7 Å². The predicted octanol–water partition coefficient (Wildman–Crippen LogP) is 6.50. The highest BCUT2D eigenvalue weighted by molar-refractivity contribution is 7.92. The second-order valence-corrected chi connectivity index (χ2v) is 11.2. The van der Waals surface area contributed by atoms with Gasteiger partial charge in [-0.2, -0.15) is 0 Å². The molecule has 0 aromatic heterocycles. The monoisotopic (exact) mass is 512 g/mol. The van der Waals surface area contributed by atoms with Gasteiger partial charge in [-0.25, -0.2) is 8.42 Å². The highest BCUT2D eigenvalue weighted by Gasteiger charge is 2.25. The van der Waals surface area contributed by atoms with E-state index in [4.69, 9.17) is 0 Å². The van der Waals surface area contributed by atoms with Gasteiger partial charge < -0.3 is 5.32 Å². The summed E-state index contributed by atoms with van der Waals surface area (Å²) < 4.78 is 28.4. The van der Waals surface area contributed by atoms with Crippen molar-refractivity contribution in [3.8, 4) is 0 Å². The summed E-state index contributed by atoms with van der Waals surface area (Å²) in [5.74, 6) is -0.173. The third kappa shape index (κ3) is 5.92. The fourth-order valence-corrected chi connectivity index (χ4v) is 5.84. The lowest BCUT2D eigenvalue weighted by atomic mass is 9.96. The van der Waals surface area contributed by atoms with E-state index in [1.165, 1.54) is 15.4 Å². The normalized spacial score (nSPS) is 12.1. The minimum Gasteiger partial charge on any atom is -0.346 e. The summed E-state index contributed by atoms with van der Waals surface area (Å²) in [7, 11) is -3.78. The lowest BCUT2D eigenvalue weighted by Gasteiger charge is -2.25. The van der Waals surface area contributed by atoms with Gasteiger partial charge in [-0.1, -0.05) is 60.7 Å². The quantitative estimate of drug-likeness (QED) is 0.293. The largest absolute Gasteiger partial charge is 0.346 e. The predicted molar refractivity (Wildman–Crippen MR) is 149 cm³/mol. The van der Waals surface area contributed by atoms with E-state index in [2.05, 4.69) is 38.2 Å². The molecule has 0 saturated carbocycles. The molecule has 1 amide bonds. The summed E-state index contributed by atoms with van der Waals surface area (Å²) in [5.41, 5.74) is 6.54. The van der Waals surface area contributed by atoms with Gasteiger partial charge >= 0.3 is 0 Å². The molecule has 1 atom stereocenters. The summed E-state index contributed by atoms with van der Waals surface area (Å²) in [5, 5.41) is 3.09. The van der Waals surface area contributed by atoms with Crippen molar-refractivity contribution in [2.24, 2.45) is 0 Å². The summed E-state index contributed by atoms with van der Waals surface area (Å²) in [4.78, 5) is 13.2. The second kappa shape index (κ2) is 11.0. The minimum atomic E-state index is -3.78. The highest BCUT2D eigenvalue weighted by atomic mass is 32.2. The summed E-state index contributed by atoms with van der Waals surface area (Å²) in [6, 6.07) is 28.6. The molecule has 37 heavy (non-hydrogen) atoms. The van der Waals surface area contributed by atoms with Crippen molar-refractivity contribution in [3.05, 3.63) is 130 Å². The Morgan fingerprint density at radius 3 is 1.97 bits per heavy atom. The maximum Gasteiger partial charge on any atom is 0.264 e. The van der Waals surface area contributed by atoms with Gasteiger partial charge in [0, 0.05) is 5.56 Å². The van der Waals surface area contributed by atoms with E-state index in [1.807, 2.05) is 25.1 Å². The van der Waals surface area contributed by atoms with E-state index in [9.17, 15) is 13.2 Å². The number of nitrogens with zero attached hydrogens (tertiary/aromatic N) is 1. The maximum atomic E-state index is 13.5. The van der Waals surface area contributed by atoms with Crippen LogP contribution in [0.1, 0.15) is 51.1 Å². The van der Waals surface area contributed by atoms with Gasteiger partial charge in [-0.05, 0) is 91.9 Å². The smallest absolute Gasteiger partial charge is 0.264 e. The van der Waals surface area contributed by atoms with Crippen LogP contribution in [0, 0.1) is 20.8 Å². The fraction of sp³-hybridized carbons (Fsp3) is 0.194. The third-order valence-electron chi connectivity index (χ3n) is 6.61. The van der Waals surface area contributed by atoms with Crippen LogP contribution in [0.15, 0.2) is 102 Å². The van der Waals surface area contributed by atoms with Crippen LogP contribution >= 0.6 is 0 Å². The number of carbonyl (C=O) groups excluding carboxylic acids is 1. The van der Waals surface area contributed by atoms with Crippen molar-refractivity contribution in [1.29, 1.82) is 0 Å². The first kappa shape index (κ1) is 26.2. The van der Waals surface area contributed by atoms with Crippen LogP contribution in [-0.4, -0.2) is 14.3 Å². The van der Waals surface area contributed by atoms with E-state index < -0.39 is 10.0 Å². The Kier molecular flexibility index (Phi) is 7.79. The SMILES string of the molecule is Cc1cc(C)c([C@@H](C)NC(=O)c2ccc(CN(c3ccccc3)S(=O)(=O)c3ccccc3)cc2)cc1C. The molecule has 6 heteroatoms. The van der Waals surface area contributed by atoms with Crippen LogP contribution in [-0.2, 0) is 16.6 Å². The first-order chi connectivity index (χ1) is 17.7. The standard InChI is InChI=1S/C31H32N2O3S/c1-22-19-24(3)30(20-23(22)2)25(4)32-31(34)27-17-15-26(16-18-27)21-33(28-11-7-5-8-12-28)37(35,36)29-13-9-6-10-14-29/h5-20,25H,21H2,1-4H3,(H,32,34)/t25-/m1/s1. The molecular weight excluding hydrogens is 480 g/mol. The number of amides is 1. The number of sulfonamides is 1. The fourth-order valence-electron chi connectivity index (χ4n) is 4.36. The van der Waals surface area contributed by atoms with Gasteiger partial charge in [0.05, 0.1) is 23.2 Å². The summed E-state index contributed by atoms with van der Waals surface area (Å²) >= 11 is 0. The van der Waals surface area contributed by atoms with Gasteiger partial charge in [-0.3, -0.25) is 9.10 Å². The summed E-state index contributed by atoms with van der Waals surface area (Å²) in [6.45, 7) is 8.33. The van der Waals surface area contributed by atoms with Crippen molar-refractivity contribution in [1.82, 2.24) is 5.32 Å². The molecule has 4 aromatic rings. The van der Waals surface area contributed by atoms with E-state index in [1.54, 1.807) is 66.7 Å². The number of aryl methyl sites for hydroxylation is 3. The number of hydrogen-bond acceptors (Lipinski definition) is 3. The van der Waals surface area contributed by atoms with Crippen molar-refractivity contribution in [3.63, 3.8) is 0 Å². The van der Waals surface area contributed by atoms with Crippen LogP contribution in [0.2, 0.25) is 0 Å². The Labute approximate surface area is 219 Å². The first-order valence-electron chi connectivity index (χ1n) is 12.3. The molecule has 4 rings (SSSR count). The van der Waals surface area contributed by atoms with Crippen LogP contribution in [0.5, 0.6) is 0 Å². The zero-order valence-corrected chi connectivity index (χ0v) is 22.4. The molecule has 0 aliphatic rings. The molecule has 0 heterocycles. The number of rotatable bonds is 8. The number of anilines is 1. The van der Waals surface area contributed by atoms with Crippen molar-refractivity contribution in [2.45, 2.75) is 45.2 Å². The lowest BCUT2D eigenvalue weighted by Crippen LogP contribution is -2.30. The van der Waals surface area contributed by atoms with Crippen molar-refractivity contribution in [2.75, 3.05) is 4.31 Å². The van der Waals surface area contributed by atoms with Crippen LogP contribution in [0.4, 0.5) is 5.69 Å². The molecule has 0 bridgehead atoms. The number of nitrogens with one attached hydrogen (secondary N) is 1. The lowest BCUT2D eigenvalue weighted by molar-refractivity contribution is 0.0939. The van der Waals surface area contributed by atoms with Gasteiger partial charge in [0.2, 0.25) is 0 Å². The Balaban J connectivity index is 1.54. The maximum absolute atomic E-state index is 13.5. The minimum absolute atomic E-state index is 0.140. The number of carbonyl (C=O) groups is 1. The molecule has 1 N–H and O–H groups in total. The third-order valence-corrected chi connectivity index (χ3v) is 8.40. The molecule has 0 aliphatic heterocycles. The average molecular weight is 513 g/mol. The van der Waals surface area contributed by atoms with Gasteiger partial charge in [0.25, 0.3) is 15.9 Å². The average Bonchev–Trinajstić information content (AvgIpc) is 2.90. The highest BCUT2D eigenvalue weighted by Crippen LogP contribution is 2.26. The molecule has 0 saturated heterocycles. The Morgan fingerprint density at radius 1 is 0.784 bits per heavy atom. The van der Waals surface area contributed by atoms with Gasteiger partial charge in [-0.15, -0.1) is 0 Å². The molecule has 190 valence electrons. The Hall–Kier alpha value is -3.90. The van der Waals surface area contributed by atoms with Gasteiger partial charge in [0.15, 0.2) is 0 Å². The van der Waals surface area contributed by atoms with Crippen LogP contribution in [0.3, 0.4) is 0 Å². The Morgan fingerprint density at radius 2 is 1.35 bits per heavy atom. The molecule has 0 unspecified atom stereocenters. The Bertz CT molecular complexity index is 1480. The van der Waals surface area contributed by atoms with E-state index in [0.29, 0.717) is 11.3 Å². The van der Waals surface area contributed by atoms with Crippen LogP contribution in [0.25, 0.3) is 0 Å². The first-order valence-corrected chi connectivity index (χ1v) is 13.7. The molecule has 0 spiro atoms. The summed E-state index contributed by atoms with van der Waals surface area (Å²) in [6.07, 6.45) is 0. The molecule has 0 fully saturated rings. The number of para-hydroxylation sites is 1. The zero-order chi connectivity index (χ0) is 26.6. The zero-order valence-electron chi connectivity index (χ0n) is 21.6.